The van der Waals surface area contributed by atoms with Gasteiger partial charge in [-0.25, -0.2) is 0 Å². The SMILES string of the molecule is CSC1=CC(=O)C(=CSc2cc(C)[nH]n2)S1. The van der Waals surface area contributed by atoms with E-state index in [9.17, 15) is 4.79 Å². The third kappa shape index (κ3) is 2.75. The molecule has 0 amide bonds. The van der Waals surface area contributed by atoms with Crippen molar-refractivity contribution in [3.8, 4) is 0 Å². The minimum absolute atomic E-state index is 0.0918. The number of nitrogens with one attached hydrogen (secondary N) is 1. The van der Waals surface area contributed by atoms with E-state index < -0.39 is 0 Å². The second kappa shape index (κ2) is 5.16. The summed E-state index contributed by atoms with van der Waals surface area (Å²) in [6, 6.07) is 1.95. The number of carbonyl (C=O) groups is 1. The summed E-state index contributed by atoms with van der Waals surface area (Å²) in [4.78, 5) is 12.3. The minimum atomic E-state index is 0.0918. The summed E-state index contributed by atoms with van der Waals surface area (Å²) in [6.45, 7) is 1.95. The Morgan fingerprint density at radius 3 is 2.94 bits per heavy atom. The number of thioether (sulfide) groups is 3. The molecule has 0 fully saturated rings. The molecular formula is C10H10N2OS3. The van der Waals surface area contributed by atoms with Crippen LogP contribution in [0.15, 0.2) is 31.7 Å². The molecule has 0 aromatic carbocycles. The normalized spacial score (nSPS) is 18.2. The maximum absolute atomic E-state index is 11.5. The number of H-pyrrole nitrogens is 1. The van der Waals surface area contributed by atoms with Crippen molar-refractivity contribution in [1.82, 2.24) is 10.2 Å². The second-order valence-electron chi connectivity index (χ2n) is 3.12. The Hall–Kier alpha value is -0.590. The lowest BCUT2D eigenvalue weighted by atomic mass is 10.4. The van der Waals surface area contributed by atoms with Crippen LogP contribution >= 0.6 is 35.3 Å². The molecular weight excluding hydrogens is 260 g/mol. The van der Waals surface area contributed by atoms with Gasteiger partial charge in [-0.2, -0.15) is 5.10 Å². The molecule has 1 aliphatic heterocycles. The van der Waals surface area contributed by atoms with Gasteiger partial charge in [0.05, 0.1) is 4.91 Å². The quantitative estimate of drug-likeness (QED) is 0.675. The summed E-state index contributed by atoms with van der Waals surface area (Å²) >= 11 is 4.58. The van der Waals surface area contributed by atoms with Gasteiger partial charge >= 0.3 is 0 Å². The molecule has 0 saturated heterocycles. The van der Waals surface area contributed by atoms with Crippen molar-refractivity contribution in [3.63, 3.8) is 0 Å². The number of aryl methyl sites for hydroxylation is 1. The third-order valence-corrected chi connectivity index (χ3v) is 4.95. The fraction of sp³-hybridized carbons (Fsp3) is 0.200. The van der Waals surface area contributed by atoms with Crippen molar-refractivity contribution in [2.45, 2.75) is 11.9 Å². The fourth-order valence-corrected chi connectivity index (χ4v) is 3.51. The number of rotatable bonds is 3. The zero-order valence-corrected chi connectivity index (χ0v) is 11.3. The molecule has 1 aromatic rings. The molecule has 0 unspecified atom stereocenters. The third-order valence-electron chi connectivity index (χ3n) is 1.87. The molecule has 0 radical (unpaired) electrons. The van der Waals surface area contributed by atoms with Gasteiger partial charge in [0, 0.05) is 16.0 Å². The average molecular weight is 270 g/mol. The minimum Gasteiger partial charge on any atom is -0.289 e. The molecule has 0 aliphatic carbocycles. The van der Waals surface area contributed by atoms with Crippen LogP contribution in [0.3, 0.4) is 0 Å². The first kappa shape index (κ1) is 11.9. The molecule has 1 aliphatic rings. The van der Waals surface area contributed by atoms with Crippen molar-refractivity contribution in [1.29, 1.82) is 0 Å². The topological polar surface area (TPSA) is 45.8 Å². The molecule has 0 atom stereocenters. The van der Waals surface area contributed by atoms with Crippen LogP contribution in [0.1, 0.15) is 5.69 Å². The van der Waals surface area contributed by atoms with Gasteiger partial charge in [-0.1, -0.05) is 23.5 Å². The van der Waals surface area contributed by atoms with E-state index in [0.717, 1.165) is 19.9 Å². The molecule has 0 saturated carbocycles. The Labute approximate surface area is 107 Å². The second-order valence-corrected chi connectivity index (χ2v) is 6.20. The van der Waals surface area contributed by atoms with Crippen LogP contribution in [0.4, 0.5) is 0 Å². The summed E-state index contributed by atoms with van der Waals surface area (Å²) in [7, 11) is 0. The largest absolute Gasteiger partial charge is 0.289 e. The van der Waals surface area contributed by atoms with E-state index in [1.54, 1.807) is 17.8 Å². The van der Waals surface area contributed by atoms with Gasteiger partial charge in [0.1, 0.15) is 5.03 Å². The molecule has 0 bridgehead atoms. The molecule has 84 valence electrons. The van der Waals surface area contributed by atoms with Gasteiger partial charge in [0.2, 0.25) is 0 Å². The van der Waals surface area contributed by atoms with E-state index in [1.165, 1.54) is 23.5 Å². The molecule has 1 N–H and O–H groups in total. The molecule has 0 spiro atoms. The highest BCUT2D eigenvalue weighted by atomic mass is 32.2. The zero-order chi connectivity index (χ0) is 11.5. The summed E-state index contributed by atoms with van der Waals surface area (Å²) in [5, 5.41) is 9.71. The van der Waals surface area contributed by atoms with E-state index in [4.69, 9.17) is 0 Å². The number of aromatic amines is 1. The Bertz CT molecular complexity index is 476. The number of ketones is 1. The Kier molecular flexibility index (Phi) is 3.83. The van der Waals surface area contributed by atoms with Crippen LogP contribution in [-0.2, 0) is 4.79 Å². The highest BCUT2D eigenvalue weighted by Crippen LogP contribution is 2.40. The lowest BCUT2D eigenvalue weighted by Gasteiger charge is -1.94. The number of aromatic nitrogens is 2. The first-order valence-corrected chi connectivity index (χ1v) is 7.48. The van der Waals surface area contributed by atoms with Crippen molar-refractivity contribution in [2.75, 3.05) is 6.26 Å². The van der Waals surface area contributed by atoms with Gasteiger partial charge in [-0.05, 0) is 24.7 Å². The van der Waals surface area contributed by atoms with Gasteiger partial charge in [-0.15, -0.1) is 11.8 Å². The zero-order valence-electron chi connectivity index (χ0n) is 8.81. The molecule has 6 heteroatoms. The predicted molar refractivity (Wildman–Crippen MR) is 71.5 cm³/mol. The van der Waals surface area contributed by atoms with E-state index in [0.29, 0.717) is 0 Å². The Morgan fingerprint density at radius 1 is 1.56 bits per heavy atom. The van der Waals surface area contributed by atoms with Crippen molar-refractivity contribution in [2.24, 2.45) is 0 Å². The number of hydrogen-bond acceptors (Lipinski definition) is 5. The van der Waals surface area contributed by atoms with E-state index in [1.807, 2.05) is 24.7 Å². The predicted octanol–water partition coefficient (Wildman–Crippen LogP) is 3.17. The van der Waals surface area contributed by atoms with Crippen LogP contribution in [-0.4, -0.2) is 22.2 Å². The first-order valence-electron chi connectivity index (χ1n) is 4.56. The van der Waals surface area contributed by atoms with Crippen LogP contribution < -0.4 is 0 Å². The number of nitrogens with zero attached hydrogens (tertiary/aromatic N) is 1. The van der Waals surface area contributed by atoms with E-state index in [2.05, 4.69) is 10.2 Å². The number of hydrogen-bond donors (Lipinski definition) is 1. The number of carbonyl (C=O) groups excluding carboxylic acids is 1. The first-order chi connectivity index (χ1) is 7.69. The van der Waals surface area contributed by atoms with Crippen molar-refractivity contribution >= 4 is 41.1 Å². The van der Waals surface area contributed by atoms with Crippen LogP contribution in [0.25, 0.3) is 0 Å². The fourth-order valence-electron chi connectivity index (χ4n) is 1.12. The molecule has 2 heterocycles. The molecule has 3 nitrogen and oxygen atoms in total. The average Bonchev–Trinajstić information content (AvgIpc) is 2.82. The maximum atomic E-state index is 11.5. The Balaban J connectivity index is 2.02. The summed E-state index contributed by atoms with van der Waals surface area (Å²) in [5.41, 5.74) is 1.02. The van der Waals surface area contributed by atoms with E-state index >= 15 is 0 Å². The van der Waals surface area contributed by atoms with Crippen molar-refractivity contribution in [3.05, 3.63) is 32.4 Å². The highest BCUT2D eigenvalue weighted by Gasteiger charge is 2.18. The highest BCUT2D eigenvalue weighted by molar-refractivity contribution is 8.24. The Morgan fingerprint density at radius 2 is 2.38 bits per heavy atom. The van der Waals surface area contributed by atoms with Crippen LogP contribution in [0, 0.1) is 6.92 Å². The smallest absolute Gasteiger partial charge is 0.194 e. The molecule has 2 rings (SSSR count). The summed E-state index contributed by atoms with van der Waals surface area (Å²) in [5.74, 6) is 0.0918. The molecule has 1 aromatic heterocycles. The number of allylic oxidation sites excluding steroid dienone is 2. The summed E-state index contributed by atoms with van der Waals surface area (Å²) in [6.07, 6.45) is 3.65. The van der Waals surface area contributed by atoms with Crippen LogP contribution in [0.2, 0.25) is 0 Å². The molecule has 16 heavy (non-hydrogen) atoms. The lowest BCUT2D eigenvalue weighted by molar-refractivity contribution is -0.110. The lowest BCUT2D eigenvalue weighted by Crippen LogP contribution is -1.86. The van der Waals surface area contributed by atoms with Crippen molar-refractivity contribution < 1.29 is 4.79 Å². The van der Waals surface area contributed by atoms with Gasteiger partial charge in [-0.3, -0.25) is 9.89 Å². The summed E-state index contributed by atoms with van der Waals surface area (Å²) < 4.78 is 1.05. The van der Waals surface area contributed by atoms with Gasteiger partial charge in [0.25, 0.3) is 0 Å². The van der Waals surface area contributed by atoms with Gasteiger partial charge < -0.3 is 0 Å². The van der Waals surface area contributed by atoms with E-state index in [-0.39, 0.29) is 5.78 Å². The standard InChI is InChI=1S/C10H10N2OS3/c1-6-3-9(12-11-6)15-5-8-7(13)4-10(14-2)16-8/h3-5H,1-2H3,(H,11,12). The van der Waals surface area contributed by atoms with Gasteiger partial charge in [0.15, 0.2) is 5.78 Å². The monoisotopic (exact) mass is 270 g/mol. The van der Waals surface area contributed by atoms with Crippen LogP contribution in [0.5, 0.6) is 0 Å². The maximum Gasteiger partial charge on any atom is 0.194 e.